The molecule has 0 spiro atoms. The molecule has 2 aromatic carbocycles. The van der Waals surface area contributed by atoms with Crippen molar-refractivity contribution < 1.29 is 23.9 Å². The van der Waals surface area contributed by atoms with Crippen molar-refractivity contribution in [1.82, 2.24) is 9.88 Å². The van der Waals surface area contributed by atoms with E-state index in [1.54, 1.807) is 59.9 Å². The van der Waals surface area contributed by atoms with Crippen molar-refractivity contribution in [3.8, 4) is 11.1 Å². The average molecular weight is 437 g/mol. The highest BCUT2D eigenvalue weighted by Crippen LogP contribution is 2.29. The maximum Gasteiger partial charge on any atom is 0.419 e. The van der Waals surface area contributed by atoms with E-state index in [9.17, 15) is 14.4 Å². The molecule has 32 heavy (non-hydrogen) atoms. The Labute approximate surface area is 187 Å². The number of hydrogen-bond acceptors (Lipinski definition) is 5. The molecule has 3 aromatic rings. The van der Waals surface area contributed by atoms with Crippen LogP contribution in [0.5, 0.6) is 0 Å². The number of fused-ring (bicyclic) bond motifs is 1. The van der Waals surface area contributed by atoms with E-state index in [0.29, 0.717) is 10.9 Å². The molecule has 0 saturated carbocycles. The summed E-state index contributed by atoms with van der Waals surface area (Å²) in [5.41, 5.74) is 0.696. The summed E-state index contributed by atoms with van der Waals surface area (Å²) < 4.78 is 12.0. The van der Waals surface area contributed by atoms with Crippen LogP contribution in [0.3, 0.4) is 0 Å². The van der Waals surface area contributed by atoms with E-state index < -0.39 is 29.3 Å². The van der Waals surface area contributed by atoms with Crippen LogP contribution < -0.4 is 5.32 Å². The molecular formula is C25H28N2O5. The van der Waals surface area contributed by atoms with Crippen LogP contribution in [-0.2, 0) is 9.47 Å². The molecule has 0 unspecified atom stereocenters. The summed E-state index contributed by atoms with van der Waals surface area (Å²) in [6.45, 7) is 10.4. The molecule has 2 amide bonds. The summed E-state index contributed by atoms with van der Waals surface area (Å²) in [6, 6.07) is 14.8. The van der Waals surface area contributed by atoms with Crippen LogP contribution >= 0.6 is 0 Å². The molecular weight excluding hydrogens is 408 g/mol. The van der Waals surface area contributed by atoms with Crippen molar-refractivity contribution in [1.29, 1.82) is 0 Å². The molecule has 0 aliphatic rings. The van der Waals surface area contributed by atoms with E-state index in [1.165, 1.54) is 4.57 Å². The van der Waals surface area contributed by atoms with Crippen molar-refractivity contribution in [3.05, 3.63) is 60.3 Å². The Hall–Kier alpha value is -3.61. The standard InChI is InChI=1S/C25H28N2O5/c1-24(2,3)31-22(29)26-21(28)19-15-18(16-10-8-7-9-11-16)14-17-12-13-27(20(17)19)23(30)32-25(4,5)6/h7-15H,1-6H3,(H,26,28,29). The van der Waals surface area contributed by atoms with Crippen molar-refractivity contribution in [2.75, 3.05) is 0 Å². The summed E-state index contributed by atoms with van der Waals surface area (Å²) >= 11 is 0. The monoisotopic (exact) mass is 436 g/mol. The smallest absolute Gasteiger partial charge is 0.419 e. The first-order valence-electron chi connectivity index (χ1n) is 10.3. The Morgan fingerprint density at radius 1 is 0.812 bits per heavy atom. The third-order valence-electron chi connectivity index (χ3n) is 4.34. The number of rotatable bonds is 2. The number of hydrogen-bond donors (Lipinski definition) is 1. The molecule has 7 heteroatoms. The van der Waals surface area contributed by atoms with Gasteiger partial charge in [0.05, 0.1) is 11.1 Å². The molecule has 168 valence electrons. The van der Waals surface area contributed by atoms with Gasteiger partial charge in [0.2, 0.25) is 0 Å². The molecule has 0 radical (unpaired) electrons. The summed E-state index contributed by atoms with van der Waals surface area (Å²) in [4.78, 5) is 38.1. The predicted octanol–water partition coefficient (Wildman–Crippen LogP) is 5.76. The molecule has 0 fully saturated rings. The Bertz CT molecular complexity index is 1160. The van der Waals surface area contributed by atoms with Crippen LogP contribution in [0.1, 0.15) is 51.9 Å². The van der Waals surface area contributed by atoms with Crippen molar-refractivity contribution >= 4 is 29.0 Å². The summed E-state index contributed by atoms with van der Waals surface area (Å²) in [6.07, 6.45) is 0.0695. The Kier molecular flexibility index (Phi) is 6.12. The number of nitrogens with one attached hydrogen (secondary N) is 1. The molecule has 0 saturated heterocycles. The normalized spacial score (nSPS) is 11.8. The quantitative estimate of drug-likeness (QED) is 0.552. The number of aromatic nitrogens is 1. The van der Waals surface area contributed by atoms with Gasteiger partial charge < -0.3 is 9.47 Å². The maximum atomic E-state index is 13.1. The average Bonchev–Trinajstić information content (AvgIpc) is 3.09. The number of imide groups is 1. The molecule has 1 aromatic heterocycles. The van der Waals surface area contributed by atoms with E-state index >= 15 is 0 Å². The number of amides is 2. The van der Waals surface area contributed by atoms with E-state index in [0.717, 1.165) is 11.1 Å². The van der Waals surface area contributed by atoms with Gasteiger partial charge in [0.1, 0.15) is 11.2 Å². The number of ether oxygens (including phenoxy) is 2. The predicted molar refractivity (Wildman–Crippen MR) is 123 cm³/mol. The van der Waals surface area contributed by atoms with Gasteiger partial charge in [0.15, 0.2) is 0 Å². The molecule has 0 bridgehead atoms. The molecule has 0 aliphatic carbocycles. The first-order chi connectivity index (χ1) is 14.8. The number of carbonyl (C=O) groups is 3. The lowest BCUT2D eigenvalue weighted by Crippen LogP contribution is -2.36. The number of nitrogens with zero attached hydrogens (tertiary/aromatic N) is 1. The first kappa shape index (κ1) is 23.1. The number of benzene rings is 2. The fourth-order valence-corrected chi connectivity index (χ4v) is 3.18. The zero-order valence-electron chi connectivity index (χ0n) is 19.2. The first-order valence-corrected chi connectivity index (χ1v) is 10.3. The Morgan fingerprint density at radius 2 is 1.44 bits per heavy atom. The topological polar surface area (TPSA) is 86.6 Å². The summed E-state index contributed by atoms with van der Waals surface area (Å²) in [5.74, 6) is -0.675. The van der Waals surface area contributed by atoms with Crippen molar-refractivity contribution in [2.24, 2.45) is 0 Å². The second-order valence-corrected chi connectivity index (χ2v) is 9.45. The fourth-order valence-electron chi connectivity index (χ4n) is 3.18. The highest BCUT2D eigenvalue weighted by molar-refractivity contribution is 6.13. The van der Waals surface area contributed by atoms with Gasteiger partial charge in [0.25, 0.3) is 5.91 Å². The lowest BCUT2D eigenvalue weighted by atomic mass is 10.00. The Balaban J connectivity index is 2.11. The molecule has 3 rings (SSSR count). The SMILES string of the molecule is CC(C)(C)OC(=O)NC(=O)c1cc(-c2ccccc2)cc2ccn(C(=O)OC(C)(C)C)c12. The second-order valence-electron chi connectivity index (χ2n) is 9.45. The van der Waals surface area contributed by atoms with E-state index in [1.807, 2.05) is 36.4 Å². The molecule has 7 nitrogen and oxygen atoms in total. The molecule has 0 atom stereocenters. The van der Waals surface area contributed by atoms with Gasteiger partial charge in [-0.25, -0.2) is 9.59 Å². The highest BCUT2D eigenvalue weighted by atomic mass is 16.6. The van der Waals surface area contributed by atoms with Gasteiger partial charge in [0, 0.05) is 11.6 Å². The zero-order chi connectivity index (χ0) is 23.7. The largest absolute Gasteiger partial charge is 0.444 e. The minimum Gasteiger partial charge on any atom is -0.444 e. The summed E-state index contributed by atoms with van der Waals surface area (Å²) in [5, 5.41) is 2.92. The van der Waals surface area contributed by atoms with Gasteiger partial charge in [-0.2, -0.15) is 0 Å². The van der Waals surface area contributed by atoms with Gasteiger partial charge >= 0.3 is 12.2 Å². The minimum absolute atomic E-state index is 0.156. The van der Waals surface area contributed by atoms with Crippen LogP contribution in [0.2, 0.25) is 0 Å². The van der Waals surface area contributed by atoms with E-state index in [2.05, 4.69) is 5.32 Å². The third-order valence-corrected chi connectivity index (χ3v) is 4.34. The van der Waals surface area contributed by atoms with Crippen LogP contribution in [0.4, 0.5) is 9.59 Å². The van der Waals surface area contributed by atoms with E-state index in [4.69, 9.17) is 9.47 Å². The van der Waals surface area contributed by atoms with Gasteiger partial charge in [-0.1, -0.05) is 30.3 Å². The minimum atomic E-state index is -0.865. The van der Waals surface area contributed by atoms with Crippen LogP contribution in [0, 0.1) is 0 Å². The van der Waals surface area contributed by atoms with E-state index in [-0.39, 0.29) is 5.56 Å². The van der Waals surface area contributed by atoms with Crippen LogP contribution in [0.25, 0.3) is 22.0 Å². The van der Waals surface area contributed by atoms with Gasteiger partial charge in [-0.05, 0) is 70.9 Å². The number of carbonyl (C=O) groups excluding carboxylic acids is 3. The van der Waals surface area contributed by atoms with Crippen LogP contribution in [0.15, 0.2) is 54.7 Å². The van der Waals surface area contributed by atoms with Crippen molar-refractivity contribution in [2.45, 2.75) is 52.7 Å². The maximum absolute atomic E-state index is 13.1. The highest BCUT2D eigenvalue weighted by Gasteiger charge is 2.25. The Morgan fingerprint density at radius 3 is 2.03 bits per heavy atom. The van der Waals surface area contributed by atoms with Crippen molar-refractivity contribution in [3.63, 3.8) is 0 Å². The molecule has 1 heterocycles. The molecule has 0 aliphatic heterocycles. The third kappa shape index (κ3) is 5.55. The lowest BCUT2D eigenvalue weighted by Gasteiger charge is -2.21. The van der Waals surface area contributed by atoms with Gasteiger partial charge in [-0.3, -0.25) is 14.7 Å². The number of alkyl carbamates (subject to hydrolysis) is 1. The fraction of sp³-hybridized carbons (Fsp3) is 0.320. The molecule has 1 N–H and O–H groups in total. The zero-order valence-corrected chi connectivity index (χ0v) is 19.2. The summed E-state index contributed by atoms with van der Waals surface area (Å²) in [7, 11) is 0. The van der Waals surface area contributed by atoms with Crippen LogP contribution in [-0.4, -0.2) is 33.9 Å². The lowest BCUT2D eigenvalue weighted by molar-refractivity contribution is 0.0506. The van der Waals surface area contributed by atoms with Gasteiger partial charge in [-0.15, -0.1) is 0 Å². The second kappa shape index (κ2) is 8.49.